The second-order valence-corrected chi connectivity index (χ2v) is 4.54. The molecule has 0 spiro atoms. The van der Waals surface area contributed by atoms with Crippen LogP contribution in [0.3, 0.4) is 0 Å². The molecule has 0 aromatic carbocycles. The quantitative estimate of drug-likeness (QED) is 0.729. The largest absolute Gasteiger partial charge is 0.467 e. The first-order chi connectivity index (χ1) is 9.22. The predicted octanol–water partition coefficient (Wildman–Crippen LogP) is 0.222. The number of hydrogen-bond donors (Lipinski definition) is 0. The van der Waals surface area contributed by atoms with Crippen molar-refractivity contribution in [2.45, 2.75) is 38.3 Å². The van der Waals surface area contributed by atoms with Gasteiger partial charge in [0.1, 0.15) is 6.04 Å². The summed E-state index contributed by atoms with van der Waals surface area (Å²) < 4.78 is 6.37. The van der Waals surface area contributed by atoms with Crippen LogP contribution in [0.4, 0.5) is 0 Å². The summed E-state index contributed by atoms with van der Waals surface area (Å²) in [6, 6.07) is -0.429. The van der Waals surface area contributed by atoms with Crippen LogP contribution in [-0.4, -0.2) is 51.5 Å². The molecule has 0 bridgehead atoms. The highest BCUT2D eigenvalue weighted by atomic mass is 16.5. The predicted molar refractivity (Wildman–Crippen MR) is 66.0 cm³/mol. The van der Waals surface area contributed by atoms with Crippen LogP contribution in [0.25, 0.3) is 0 Å². The van der Waals surface area contributed by atoms with Gasteiger partial charge >= 0.3 is 5.97 Å². The number of esters is 1. The highest BCUT2D eigenvalue weighted by Crippen LogP contribution is 2.19. The van der Waals surface area contributed by atoms with Gasteiger partial charge in [-0.15, -0.1) is 5.10 Å². The third-order valence-corrected chi connectivity index (χ3v) is 3.32. The zero-order valence-electron chi connectivity index (χ0n) is 11.0. The number of piperidine rings is 1. The van der Waals surface area contributed by atoms with E-state index in [1.54, 1.807) is 22.0 Å². The summed E-state index contributed by atoms with van der Waals surface area (Å²) in [6.45, 7) is 1.10. The SMILES string of the molecule is COC(=O)[C@H]1CCCCN1C(=O)CCn1ccnn1. The van der Waals surface area contributed by atoms with Crippen molar-refractivity contribution in [3.05, 3.63) is 12.4 Å². The standard InChI is InChI=1S/C12H18N4O3/c1-19-12(18)10-4-2-3-7-16(10)11(17)5-8-15-9-6-13-14-15/h6,9-10H,2-5,7-8H2,1H3/t10-/m1/s1. The van der Waals surface area contributed by atoms with Gasteiger partial charge in [0.25, 0.3) is 0 Å². The topological polar surface area (TPSA) is 77.3 Å². The fraction of sp³-hybridized carbons (Fsp3) is 0.667. The van der Waals surface area contributed by atoms with Gasteiger partial charge < -0.3 is 9.64 Å². The average molecular weight is 266 g/mol. The van der Waals surface area contributed by atoms with Crippen LogP contribution in [0.2, 0.25) is 0 Å². The van der Waals surface area contributed by atoms with Gasteiger partial charge in [0, 0.05) is 19.2 Å². The van der Waals surface area contributed by atoms with Crippen LogP contribution in [0, 0.1) is 0 Å². The lowest BCUT2D eigenvalue weighted by Crippen LogP contribution is -2.48. The van der Waals surface area contributed by atoms with E-state index in [0.717, 1.165) is 12.8 Å². The second kappa shape index (κ2) is 6.31. The van der Waals surface area contributed by atoms with Gasteiger partial charge in [0.2, 0.25) is 5.91 Å². The fourth-order valence-electron chi connectivity index (χ4n) is 2.32. The molecule has 0 unspecified atom stereocenters. The van der Waals surface area contributed by atoms with Crippen LogP contribution in [0.15, 0.2) is 12.4 Å². The molecule has 0 N–H and O–H groups in total. The van der Waals surface area contributed by atoms with E-state index in [9.17, 15) is 9.59 Å². The summed E-state index contributed by atoms with van der Waals surface area (Å²) in [5.41, 5.74) is 0. The number of amides is 1. The Hall–Kier alpha value is -1.92. The molecule has 104 valence electrons. The monoisotopic (exact) mass is 266 g/mol. The van der Waals surface area contributed by atoms with Gasteiger partial charge in [-0.05, 0) is 19.3 Å². The third-order valence-electron chi connectivity index (χ3n) is 3.32. The minimum Gasteiger partial charge on any atom is -0.467 e. The van der Waals surface area contributed by atoms with E-state index in [1.807, 2.05) is 0 Å². The van der Waals surface area contributed by atoms with Gasteiger partial charge in [0.15, 0.2) is 0 Å². The number of likely N-dealkylation sites (tertiary alicyclic amines) is 1. The molecule has 19 heavy (non-hydrogen) atoms. The smallest absolute Gasteiger partial charge is 0.328 e. The van der Waals surface area contributed by atoms with Crippen LogP contribution < -0.4 is 0 Å². The van der Waals surface area contributed by atoms with E-state index in [0.29, 0.717) is 25.9 Å². The molecule has 2 rings (SSSR count). The Labute approximate surface area is 111 Å². The van der Waals surface area contributed by atoms with E-state index in [4.69, 9.17) is 4.74 Å². The summed E-state index contributed by atoms with van der Waals surface area (Å²) in [7, 11) is 1.36. The van der Waals surface area contributed by atoms with E-state index in [1.165, 1.54) is 7.11 Å². The molecule has 2 heterocycles. The molecule has 1 amide bonds. The third kappa shape index (κ3) is 3.30. The maximum atomic E-state index is 12.2. The molecular weight excluding hydrogens is 248 g/mol. The zero-order valence-corrected chi connectivity index (χ0v) is 11.0. The van der Waals surface area contributed by atoms with E-state index < -0.39 is 6.04 Å². The Morgan fingerprint density at radius 1 is 1.42 bits per heavy atom. The normalized spacial score (nSPS) is 19.2. The van der Waals surface area contributed by atoms with Crippen molar-refractivity contribution in [2.75, 3.05) is 13.7 Å². The minimum absolute atomic E-state index is 0.0365. The number of hydrogen-bond acceptors (Lipinski definition) is 5. The van der Waals surface area contributed by atoms with E-state index in [-0.39, 0.29) is 11.9 Å². The first-order valence-electron chi connectivity index (χ1n) is 6.44. The zero-order chi connectivity index (χ0) is 13.7. The van der Waals surface area contributed by atoms with Crippen molar-refractivity contribution in [3.63, 3.8) is 0 Å². The minimum atomic E-state index is -0.429. The van der Waals surface area contributed by atoms with Crippen molar-refractivity contribution < 1.29 is 14.3 Å². The Bertz CT molecular complexity index is 432. The highest BCUT2D eigenvalue weighted by molar-refractivity contribution is 5.84. The molecule has 7 nitrogen and oxygen atoms in total. The lowest BCUT2D eigenvalue weighted by molar-refractivity contribution is -0.154. The lowest BCUT2D eigenvalue weighted by atomic mass is 10.0. The Balaban J connectivity index is 1.93. The van der Waals surface area contributed by atoms with Crippen molar-refractivity contribution >= 4 is 11.9 Å². The molecule has 7 heteroatoms. The molecule has 1 aromatic rings. The molecule has 0 aliphatic carbocycles. The second-order valence-electron chi connectivity index (χ2n) is 4.54. The van der Waals surface area contributed by atoms with Gasteiger partial charge in [-0.1, -0.05) is 5.21 Å². The number of carbonyl (C=O) groups is 2. The molecule has 0 saturated carbocycles. The summed E-state index contributed by atoms with van der Waals surface area (Å²) >= 11 is 0. The average Bonchev–Trinajstić information content (AvgIpc) is 2.97. The Morgan fingerprint density at radius 3 is 2.95 bits per heavy atom. The number of methoxy groups -OCH3 is 1. The maximum Gasteiger partial charge on any atom is 0.328 e. The number of ether oxygens (including phenoxy) is 1. The molecule has 1 aliphatic heterocycles. The summed E-state index contributed by atoms with van der Waals surface area (Å²) in [6.07, 6.45) is 6.16. The van der Waals surface area contributed by atoms with Gasteiger partial charge in [-0.3, -0.25) is 9.48 Å². The molecule has 1 saturated heterocycles. The van der Waals surface area contributed by atoms with Crippen LogP contribution >= 0.6 is 0 Å². The van der Waals surface area contributed by atoms with Crippen LogP contribution in [0.1, 0.15) is 25.7 Å². The Morgan fingerprint density at radius 2 is 2.26 bits per heavy atom. The molecule has 1 atom stereocenters. The summed E-state index contributed by atoms with van der Waals surface area (Å²) in [5.74, 6) is -0.362. The highest BCUT2D eigenvalue weighted by Gasteiger charge is 2.32. The van der Waals surface area contributed by atoms with Crippen molar-refractivity contribution in [3.8, 4) is 0 Å². The summed E-state index contributed by atoms with van der Waals surface area (Å²) in [5, 5.41) is 7.49. The molecule has 1 aromatic heterocycles. The van der Waals surface area contributed by atoms with Gasteiger partial charge in [-0.25, -0.2) is 4.79 Å². The number of aromatic nitrogens is 3. The number of nitrogens with zero attached hydrogens (tertiary/aromatic N) is 4. The van der Waals surface area contributed by atoms with Crippen LogP contribution in [-0.2, 0) is 20.9 Å². The number of rotatable bonds is 4. The van der Waals surface area contributed by atoms with Crippen molar-refractivity contribution in [1.82, 2.24) is 19.9 Å². The van der Waals surface area contributed by atoms with Gasteiger partial charge in [0.05, 0.1) is 19.9 Å². The first kappa shape index (κ1) is 13.5. The number of aryl methyl sites for hydroxylation is 1. The van der Waals surface area contributed by atoms with Crippen molar-refractivity contribution in [1.29, 1.82) is 0 Å². The van der Waals surface area contributed by atoms with Crippen LogP contribution in [0.5, 0.6) is 0 Å². The van der Waals surface area contributed by atoms with E-state index >= 15 is 0 Å². The maximum absolute atomic E-state index is 12.2. The molecular formula is C12H18N4O3. The number of carbonyl (C=O) groups excluding carboxylic acids is 2. The first-order valence-corrected chi connectivity index (χ1v) is 6.44. The fourth-order valence-corrected chi connectivity index (χ4v) is 2.32. The Kier molecular flexibility index (Phi) is 4.48. The molecule has 1 fully saturated rings. The van der Waals surface area contributed by atoms with Crippen molar-refractivity contribution in [2.24, 2.45) is 0 Å². The van der Waals surface area contributed by atoms with E-state index in [2.05, 4.69) is 10.3 Å². The molecule has 1 aliphatic rings. The molecule has 0 radical (unpaired) electrons. The summed E-state index contributed by atoms with van der Waals surface area (Å²) in [4.78, 5) is 25.5. The lowest BCUT2D eigenvalue weighted by Gasteiger charge is -2.33. The van der Waals surface area contributed by atoms with Gasteiger partial charge in [-0.2, -0.15) is 0 Å².